The fourth-order valence-corrected chi connectivity index (χ4v) is 2.96. The van der Waals surface area contributed by atoms with E-state index in [1.54, 1.807) is 30.5 Å². The molecule has 1 amide bonds. The molecule has 1 aliphatic rings. The van der Waals surface area contributed by atoms with E-state index in [-0.39, 0.29) is 5.91 Å². The summed E-state index contributed by atoms with van der Waals surface area (Å²) >= 11 is 0. The number of rotatable bonds is 6. The van der Waals surface area contributed by atoms with Crippen molar-refractivity contribution >= 4 is 11.7 Å². The van der Waals surface area contributed by atoms with Crippen LogP contribution >= 0.6 is 0 Å². The lowest BCUT2D eigenvalue weighted by Crippen LogP contribution is -2.35. The second kappa shape index (κ2) is 8.41. The highest BCUT2D eigenvalue weighted by Gasteiger charge is 2.21. The smallest absolute Gasteiger partial charge is 0.257 e. The summed E-state index contributed by atoms with van der Waals surface area (Å²) in [6.45, 7) is 3.72. The van der Waals surface area contributed by atoms with Gasteiger partial charge in [0.15, 0.2) is 5.82 Å². The normalized spacial score (nSPS) is 15.1. The largest absolute Gasteiger partial charge is 0.478 e. The van der Waals surface area contributed by atoms with Crippen LogP contribution in [-0.4, -0.2) is 68.8 Å². The Labute approximate surface area is 146 Å². The summed E-state index contributed by atoms with van der Waals surface area (Å²) in [7, 11) is 1.59. The lowest BCUT2D eigenvalue weighted by atomic mass is 10.2. The molecule has 0 spiro atoms. The Morgan fingerprint density at radius 3 is 2.88 bits per heavy atom. The van der Waals surface area contributed by atoms with Crippen LogP contribution in [-0.2, 0) is 11.3 Å². The molecule has 0 radical (unpaired) electrons. The van der Waals surface area contributed by atoms with Gasteiger partial charge < -0.3 is 14.5 Å². The number of anilines is 1. The molecule has 0 saturated carbocycles. The molecule has 0 atom stereocenters. The van der Waals surface area contributed by atoms with Gasteiger partial charge >= 0.3 is 0 Å². The number of carbonyl (C=O) groups is 1. The van der Waals surface area contributed by atoms with Gasteiger partial charge in [0, 0.05) is 51.5 Å². The van der Waals surface area contributed by atoms with Crippen LogP contribution in [0.1, 0.15) is 19.3 Å². The van der Waals surface area contributed by atoms with Gasteiger partial charge in [-0.05, 0) is 12.8 Å². The molecule has 3 rings (SSSR count). The average Bonchev–Trinajstić information content (AvgIpc) is 3.04. The maximum absolute atomic E-state index is 12.5. The van der Waals surface area contributed by atoms with Gasteiger partial charge in [0.2, 0.25) is 5.91 Å². The first-order valence-electron chi connectivity index (χ1n) is 8.48. The van der Waals surface area contributed by atoms with Gasteiger partial charge in [-0.3, -0.25) is 9.48 Å². The second-order valence-corrected chi connectivity index (χ2v) is 5.87. The minimum absolute atomic E-state index is 0.188. The van der Waals surface area contributed by atoms with Crippen molar-refractivity contribution in [1.82, 2.24) is 29.6 Å². The third kappa shape index (κ3) is 4.43. The van der Waals surface area contributed by atoms with Gasteiger partial charge in [-0.1, -0.05) is 0 Å². The highest BCUT2D eigenvalue weighted by atomic mass is 16.5. The van der Waals surface area contributed by atoms with Gasteiger partial charge in [0.25, 0.3) is 5.88 Å². The Hall–Kier alpha value is -2.71. The second-order valence-electron chi connectivity index (χ2n) is 5.87. The van der Waals surface area contributed by atoms with Crippen molar-refractivity contribution in [3.05, 3.63) is 25.0 Å². The van der Waals surface area contributed by atoms with E-state index in [9.17, 15) is 4.79 Å². The number of hydrogen-bond acceptors (Lipinski definition) is 7. The van der Waals surface area contributed by atoms with E-state index >= 15 is 0 Å². The third-order valence-electron chi connectivity index (χ3n) is 4.23. The minimum atomic E-state index is 0.188. The maximum atomic E-state index is 12.5. The number of amides is 1. The first-order chi connectivity index (χ1) is 12.3. The molecule has 9 nitrogen and oxygen atoms in total. The zero-order chi connectivity index (χ0) is 17.5. The van der Waals surface area contributed by atoms with E-state index in [0.717, 1.165) is 38.3 Å². The van der Waals surface area contributed by atoms with Crippen LogP contribution in [0.25, 0.3) is 0 Å². The summed E-state index contributed by atoms with van der Waals surface area (Å²) in [5.74, 6) is 1.45. The van der Waals surface area contributed by atoms with Crippen LogP contribution in [0.4, 0.5) is 5.82 Å². The van der Waals surface area contributed by atoms with Gasteiger partial charge in [-0.25, -0.2) is 15.0 Å². The summed E-state index contributed by atoms with van der Waals surface area (Å²) in [4.78, 5) is 29.0. The molecule has 0 aromatic carbocycles. The van der Waals surface area contributed by atoms with Crippen LogP contribution in [0, 0.1) is 0 Å². The van der Waals surface area contributed by atoms with E-state index in [0.29, 0.717) is 25.4 Å². The van der Waals surface area contributed by atoms with Crippen LogP contribution in [0.5, 0.6) is 5.88 Å². The van der Waals surface area contributed by atoms with E-state index in [2.05, 4.69) is 25.0 Å². The predicted molar refractivity (Wildman–Crippen MR) is 91.3 cm³/mol. The Balaban J connectivity index is 1.51. The third-order valence-corrected chi connectivity index (χ3v) is 4.23. The Morgan fingerprint density at radius 1 is 1.20 bits per heavy atom. The molecule has 1 fully saturated rings. The molecule has 0 N–H and O–H groups in total. The van der Waals surface area contributed by atoms with Crippen LogP contribution < -0.4 is 9.64 Å². The Morgan fingerprint density at radius 2 is 2.08 bits per heavy atom. The molecule has 1 aliphatic heterocycles. The average molecular weight is 345 g/mol. The van der Waals surface area contributed by atoms with Crippen LogP contribution in [0.3, 0.4) is 0 Å². The number of methoxy groups -OCH3 is 1. The summed E-state index contributed by atoms with van der Waals surface area (Å²) in [5, 5.41) is 4.05. The topological polar surface area (TPSA) is 89.3 Å². The number of aromatic nitrogens is 5. The predicted octanol–water partition coefficient (Wildman–Crippen LogP) is 0.596. The monoisotopic (exact) mass is 345 g/mol. The van der Waals surface area contributed by atoms with Crippen molar-refractivity contribution in [2.75, 3.05) is 38.2 Å². The van der Waals surface area contributed by atoms with E-state index < -0.39 is 0 Å². The fourth-order valence-electron chi connectivity index (χ4n) is 2.96. The molecule has 0 aliphatic carbocycles. The molecule has 25 heavy (non-hydrogen) atoms. The number of nitrogens with zero attached hydrogens (tertiary/aromatic N) is 7. The van der Waals surface area contributed by atoms with Crippen LogP contribution in [0.15, 0.2) is 25.0 Å². The standard InChI is InChI=1S/C16H23N7O2/c1-25-16-15(18-5-6-19-16)22-8-3-7-21(10-11-22)14(24)4-2-9-23-13-17-12-20-23/h5-6,12-13H,2-4,7-11H2,1H3. The molecule has 0 unspecified atom stereocenters. The van der Waals surface area contributed by atoms with E-state index in [1.165, 1.54) is 6.33 Å². The maximum Gasteiger partial charge on any atom is 0.257 e. The number of carbonyl (C=O) groups excluding carboxylic acids is 1. The lowest BCUT2D eigenvalue weighted by molar-refractivity contribution is -0.131. The molecular formula is C16H23N7O2. The number of hydrogen-bond donors (Lipinski definition) is 0. The first kappa shape index (κ1) is 17.1. The van der Waals surface area contributed by atoms with E-state index in [4.69, 9.17) is 4.74 Å². The summed E-state index contributed by atoms with van der Waals surface area (Å²) < 4.78 is 7.04. The number of aryl methyl sites for hydroxylation is 1. The Bertz CT molecular complexity index is 677. The van der Waals surface area contributed by atoms with Gasteiger partial charge in [0.1, 0.15) is 12.7 Å². The van der Waals surface area contributed by atoms with Crippen LogP contribution in [0.2, 0.25) is 0 Å². The Kier molecular flexibility index (Phi) is 5.76. The molecule has 1 saturated heterocycles. The molecular weight excluding hydrogens is 322 g/mol. The fraction of sp³-hybridized carbons (Fsp3) is 0.562. The zero-order valence-corrected chi connectivity index (χ0v) is 14.4. The van der Waals surface area contributed by atoms with Crippen molar-refractivity contribution < 1.29 is 9.53 Å². The minimum Gasteiger partial charge on any atom is -0.478 e. The number of ether oxygens (including phenoxy) is 1. The lowest BCUT2D eigenvalue weighted by Gasteiger charge is -2.23. The highest BCUT2D eigenvalue weighted by molar-refractivity contribution is 5.76. The van der Waals surface area contributed by atoms with Crippen molar-refractivity contribution in [2.24, 2.45) is 0 Å². The van der Waals surface area contributed by atoms with Gasteiger partial charge in [-0.2, -0.15) is 5.10 Å². The summed E-state index contributed by atoms with van der Waals surface area (Å²) in [6.07, 6.45) is 8.64. The van der Waals surface area contributed by atoms with Gasteiger partial charge in [0.05, 0.1) is 7.11 Å². The molecule has 2 aromatic heterocycles. The zero-order valence-electron chi connectivity index (χ0n) is 14.4. The van der Waals surface area contributed by atoms with E-state index in [1.807, 2.05) is 4.90 Å². The van der Waals surface area contributed by atoms with Crippen molar-refractivity contribution in [1.29, 1.82) is 0 Å². The van der Waals surface area contributed by atoms with Crippen molar-refractivity contribution in [3.8, 4) is 5.88 Å². The summed E-state index contributed by atoms with van der Waals surface area (Å²) in [5.41, 5.74) is 0. The van der Waals surface area contributed by atoms with Crippen molar-refractivity contribution in [2.45, 2.75) is 25.8 Å². The van der Waals surface area contributed by atoms with Crippen molar-refractivity contribution in [3.63, 3.8) is 0 Å². The summed E-state index contributed by atoms with van der Waals surface area (Å²) in [6, 6.07) is 0. The molecule has 2 aromatic rings. The van der Waals surface area contributed by atoms with Gasteiger partial charge in [-0.15, -0.1) is 0 Å². The first-order valence-corrected chi connectivity index (χ1v) is 8.48. The molecule has 0 bridgehead atoms. The molecule has 3 heterocycles. The molecule has 134 valence electrons. The SMILES string of the molecule is COc1nccnc1N1CCCN(C(=O)CCCn2cncn2)CC1. The highest BCUT2D eigenvalue weighted by Crippen LogP contribution is 2.23. The molecule has 9 heteroatoms. The quantitative estimate of drug-likeness (QED) is 0.757.